The number of carbonyl (C=O) groups is 2. The Morgan fingerprint density at radius 3 is 2.77 bits per heavy atom. The van der Waals surface area contributed by atoms with E-state index in [4.69, 9.17) is 11.6 Å². The second-order valence-corrected chi connectivity index (χ2v) is 6.28. The molecule has 116 valence electrons. The number of benzene rings is 1. The summed E-state index contributed by atoms with van der Waals surface area (Å²) in [5, 5.41) is 3.74. The number of imide groups is 1. The van der Waals surface area contributed by atoms with E-state index in [-0.39, 0.29) is 5.91 Å². The second kappa shape index (κ2) is 5.81. The van der Waals surface area contributed by atoms with Crippen molar-refractivity contribution in [3.8, 4) is 0 Å². The van der Waals surface area contributed by atoms with Crippen LogP contribution in [0.3, 0.4) is 0 Å². The third kappa shape index (κ3) is 2.44. The molecule has 0 aliphatic carbocycles. The van der Waals surface area contributed by atoms with Crippen LogP contribution in [0.1, 0.15) is 5.56 Å². The fraction of sp³-hybridized carbons (Fsp3) is 0.357. The van der Waals surface area contributed by atoms with Crippen molar-refractivity contribution in [3.63, 3.8) is 0 Å². The van der Waals surface area contributed by atoms with Crippen molar-refractivity contribution in [1.82, 2.24) is 15.1 Å². The highest BCUT2D eigenvalue weighted by atomic mass is 35.5. The Balaban J connectivity index is 1.93. The SMILES string of the molecule is CSC1=NC2C(C(=O)NC(=O)N2C)N1Cc1ccccc1Cl. The number of aliphatic imine (C=N–C) groups is 1. The molecule has 22 heavy (non-hydrogen) atoms. The molecule has 0 spiro atoms. The van der Waals surface area contributed by atoms with Crippen molar-refractivity contribution in [2.75, 3.05) is 13.3 Å². The van der Waals surface area contributed by atoms with E-state index >= 15 is 0 Å². The lowest BCUT2D eigenvalue weighted by Gasteiger charge is -2.36. The monoisotopic (exact) mass is 338 g/mol. The third-order valence-electron chi connectivity index (χ3n) is 3.80. The molecule has 1 aromatic carbocycles. The molecule has 8 heteroatoms. The summed E-state index contributed by atoms with van der Waals surface area (Å²) in [6.45, 7) is 0.468. The van der Waals surface area contributed by atoms with E-state index in [1.165, 1.54) is 16.7 Å². The van der Waals surface area contributed by atoms with Gasteiger partial charge in [0.05, 0.1) is 0 Å². The van der Waals surface area contributed by atoms with Gasteiger partial charge in [-0.15, -0.1) is 0 Å². The molecule has 1 aromatic rings. The van der Waals surface area contributed by atoms with Crippen LogP contribution in [-0.2, 0) is 11.3 Å². The number of thioether (sulfide) groups is 1. The van der Waals surface area contributed by atoms with Gasteiger partial charge in [0.15, 0.2) is 17.4 Å². The number of rotatable bonds is 2. The molecule has 0 radical (unpaired) electrons. The summed E-state index contributed by atoms with van der Waals surface area (Å²) in [5.74, 6) is -0.326. The van der Waals surface area contributed by atoms with Crippen molar-refractivity contribution >= 4 is 40.5 Å². The second-order valence-electron chi connectivity index (χ2n) is 5.10. The highest BCUT2D eigenvalue weighted by Gasteiger charge is 2.48. The summed E-state index contributed by atoms with van der Waals surface area (Å²) in [6.07, 6.45) is 1.40. The lowest BCUT2D eigenvalue weighted by atomic mass is 10.1. The zero-order valence-corrected chi connectivity index (χ0v) is 13.7. The molecule has 6 nitrogen and oxygen atoms in total. The molecule has 2 aliphatic rings. The Kier molecular flexibility index (Phi) is 4.01. The van der Waals surface area contributed by atoms with Gasteiger partial charge >= 0.3 is 6.03 Å². The minimum absolute atomic E-state index is 0.326. The van der Waals surface area contributed by atoms with Crippen molar-refractivity contribution in [2.24, 2.45) is 4.99 Å². The van der Waals surface area contributed by atoms with Crippen LogP contribution in [0.2, 0.25) is 5.02 Å². The van der Waals surface area contributed by atoms with E-state index < -0.39 is 18.2 Å². The van der Waals surface area contributed by atoms with Crippen LogP contribution in [-0.4, -0.2) is 52.4 Å². The average molecular weight is 339 g/mol. The van der Waals surface area contributed by atoms with Crippen LogP contribution in [0, 0.1) is 0 Å². The predicted molar refractivity (Wildman–Crippen MR) is 86.8 cm³/mol. The lowest BCUT2D eigenvalue weighted by Crippen LogP contribution is -2.63. The molecule has 2 aliphatic heterocycles. The van der Waals surface area contributed by atoms with E-state index in [1.807, 2.05) is 35.4 Å². The lowest BCUT2D eigenvalue weighted by molar-refractivity contribution is -0.127. The summed E-state index contributed by atoms with van der Waals surface area (Å²) in [5.41, 5.74) is 0.916. The number of amidine groups is 1. The number of nitrogens with one attached hydrogen (secondary N) is 1. The smallest absolute Gasteiger partial charge is 0.325 e. The van der Waals surface area contributed by atoms with E-state index in [0.717, 1.165) is 10.7 Å². The number of hydrogen-bond donors (Lipinski definition) is 1. The molecule has 2 atom stereocenters. The number of carbonyl (C=O) groups excluding carboxylic acids is 2. The average Bonchev–Trinajstić information content (AvgIpc) is 2.86. The summed E-state index contributed by atoms with van der Waals surface area (Å²) >= 11 is 7.67. The quantitative estimate of drug-likeness (QED) is 0.892. The Bertz CT molecular complexity index is 666. The van der Waals surface area contributed by atoms with Crippen molar-refractivity contribution < 1.29 is 9.59 Å². The molecule has 1 N–H and O–H groups in total. The van der Waals surface area contributed by atoms with Gasteiger partial charge in [-0.1, -0.05) is 41.6 Å². The zero-order chi connectivity index (χ0) is 15.9. The summed E-state index contributed by atoms with van der Waals surface area (Å²) in [6, 6.07) is 6.56. The first-order chi connectivity index (χ1) is 10.5. The third-order valence-corrected chi connectivity index (χ3v) is 4.88. The van der Waals surface area contributed by atoms with E-state index in [2.05, 4.69) is 10.3 Å². The highest BCUT2D eigenvalue weighted by molar-refractivity contribution is 8.13. The molecule has 1 saturated heterocycles. The van der Waals surface area contributed by atoms with Crippen LogP contribution in [0.25, 0.3) is 0 Å². The molecule has 1 fully saturated rings. The van der Waals surface area contributed by atoms with Crippen LogP contribution in [0.15, 0.2) is 29.3 Å². The fourth-order valence-electron chi connectivity index (χ4n) is 2.65. The first-order valence-corrected chi connectivity index (χ1v) is 8.32. The molecule has 0 aromatic heterocycles. The summed E-state index contributed by atoms with van der Waals surface area (Å²) in [4.78, 5) is 31.9. The molecule has 3 rings (SSSR count). The van der Waals surface area contributed by atoms with Crippen molar-refractivity contribution in [3.05, 3.63) is 34.9 Å². The van der Waals surface area contributed by atoms with Crippen LogP contribution >= 0.6 is 23.4 Å². The van der Waals surface area contributed by atoms with Crippen molar-refractivity contribution in [1.29, 1.82) is 0 Å². The Morgan fingerprint density at radius 2 is 2.09 bits per heavy atom. The van der Waals surface area contributed by atoms with Gasteiger partial charge < -0.3 is 9.80 Å². The molecule has 3 amide bonds. The maximum absolute atomic E-state index is 12.3. The number of likely N-dealkylation sites (N-methyl/N-ethyl adjacent to an activating group) is 1. The minimum atomic E-state index is -0.526. The maximum atomic E-state index is 12.3. The normalized spacial score (nSPS) is 24.2. The minimum Gasteiger partial charge on any atom is -0.331 e. The number of fused-ring (bicyclic) bond motifs is 1. The van der Waals surface area contributed by atoms with Crippen LogP contribution < -0.4 is 5.32 Å². The van der Waals surface area contributed by atoms with Gasteiger partial charge in [0.2, 0.25) is 0 Å². The number of hydrogen-bond acceptors (Lipinski definition) is 5. The number of urea groups is 1. The topological polar surface area (TPSA) is 65.0 Å². The molecule has 0 bridgehead atoms. The Hall–Kier alpha value is -1.73. The Morgan fingerprint density at radius 1 is 1.36 bits per heavy atom. The van der Waals surface area contributed by atoms with E-state index in [9.17, 15) is 9.59 Å². The number of halogens is 1. The van der Waals surface area contributed by atoms with Gasteiger partial charge in [-0.25, -0.2) is 9.79 Å². The van der Waals surface area contributed by atoms with Gasteiger partial charge in [-0.05, 0) is 17.9 Å². The number of amides is 3. The standard InChI is InChI=1S/C14H15ClN4O2S/c1-18-11-10(12(20)17-13(18)21)19(14(16-11)22-2)7-8-5-3-4-6-9(8)15/h3-6,10-11H,7H2,1-2H3,(H,17,20,21). The fourth-order valence-corrected chi connectivity index (χ4v) is 3.47. The molecule has 0 saturated carbocycles. The highest BCUT2D eigenvalue weighted by Crippen LogP contribution is 2.30. The van der Waals surface area contributed by atoms with E-state index in [0.29, 0.717) is 11.6 Å². The largest absolute Gasteiger partial charge is 0.331 e. The van der Waals surface area contributed by atoms with Gasteiger partial charge in [0, 0.05) is 18.6 Å². The summed E-state index contributed by atoms with van der Waals surface area (Å²) in [7, 11) is 1.64. The van der Waals surface area contributed by atoms with Gasteiger partial charge in [-0.2, -0.15) is 0 Å². The molecule has 2 unspecified atom stereocenters. The number of nitrogens with zero attached hydrogens (tertiary/aromatic N) is 3. The van der Waals surface area contributed by atoms with Crippen LogP contribution in [0.5, 0.6) is 0 Å². The molecular weight excluding hydrogens is 324 g/mol. The first-order valence-electron chi connectivity index (χ1n) is 6.72. The van der Waals surface area contributed by atoms with Crippen LogP contribution in [0.4, 0.5) is 4.79 Å². The molecule has 2 heterocycles. The summed E-state index contributed by atoms with van der Waals surface area (Å²) < 4.78 is 0. The zero-order valence-electron chi connectivity index (χ0n) is 12.1. The van der Waals surface area contributed by atoms with Crippen molar-refractivity contribution in [2.45, 2.75) is 18.8 Å². The first kappa shape index (κ1) is 15.2. The Labute approximate surface area is 137 Å². The molecular formula is C14H15ClN4O2S. The maximum Gasteiger partial charge on any atom is 0.325 e. The van der Waals surface area contributed by atoms with E-state index in [1.54, 1.807) is 7.05 Å². The van der Waals surface area contributed by atoms with Gasteiger partial charge in [-0.3, -0.25) is 10.1 Å². The van der Waals surface area contributed by atoms with Gasteiger partial charge in [0.1, 0.15) is 0 Å². The van der Waals surface area contributed by atoms with Gasteiger partial charge in [0.25, 0.3) is 5.91 Å². The predicted octanol–water partition coefficient (Wildman–Crippen LogP) is 1.75.